The topological polar surface area (TPSA) is 43.6 Å². The van der Waals surface area contributed by atoms with Gasteiger partial charge in [-0.1, -0.05) is 12.1 Å². The molecule has 0 aliphatic carbocycles. The van der Waals surface area contributed by atoms with Gasteiger partial charge in [0.2, 0.25) is 6.08 Å². The number of rotatable bonds is 3. The molecule has 2 rings (SSSR count). The third kappa shape index (κ3) is 1.83. The Morgan fingerprint density at radius 1 is 1.41 bits per heavy atom. The van der Waals surface area contributed by atoms with Crippen LogP contribution >= 0.6 is 0 Å². The number of aromatic nitrogens is 1. The van der Waals surface area contributed by atoms with Crippen LogP contribution < -0.4 is 4.74 Å². The van der Waals surface area contributed by atoms with Crippen molar-refractivity contribution in [1.82, 2.24) is 4.57 Å². The summed E-state index contributed by atoms with van der Waals surface area (Å²) in [7, 11) is 1.63. The Labute approximate surface area is 99.5 Å². The molecule has 0 spiro atoms. The fraction of sp³-hybridized carbons (Fsp3) is 0.308. The summed E-state index contributed by atoms with van der Waals surface area (Å²) < 4.78 is 7.32. The molecule has 0 amide bonds. The minimum Gasteiger partial charge on any atom is -0.495 e. The molecule has 0 radical (unpaired) electrons. The number of carbonyl (C=O) groups excluding carboxylic acids is 1. The number of ether oxygens (including phenoxy) is 1. The summed E-state index contributed by atoms with van der Waals surface area (Å²) in [6.45, 7) is 4.07. The zero-order chi connectivity index (χ0) is 12.4. The van der Waals surface area contributed by atoms with Crippen molar-refractivity contribution in [3.8, 4) is 5.75 Å². The molecule has 0 aliphatic heterocycles. The van der Waals surface area contributed by atoms with Gasteiger partial charge in [-0.2, -0.15) is 0 Å². The second-order valence-corrected chi connectivity index (χ2v) is 4.07. The average Bonchev–Trinajstić information content (AvgIpc) is 2.67. The van der Waals surface area contributed by atoms with Crippen LogP contribution in [-0.2, 0) is 4.79 Å². The van der Waals surface area contributed by atoms with E-state index in [4.69, 9.17) is 4.74 Å². The summed E-state index contributed by atoms with van der Waals surface area (Å²) in [5.41, 5.74) is 0.957. The molecule has 0 N–H and O–H groups in total. The Hall–Kier alpha value is -2.06. The van der Waals surface area contributed by atoms with Crippen LogP contribution in [0.5, 0.6) is 5.75 Å². The highest BCUT2D eigenvalue weighted by Crippen LogP contribution is 2.34. The van der Waals surface area contributed by atoms with Gasteiger partial charge in [-0.3, -0.25) is 0 Å². The van der Waals surface area contributed by atoms with E-state index < -0.39 is 0 Å². The molecule has 0 fully saturated rings. The molecule has 4 heteroatoms. The van der Waals surface area contributed by atoms with Crippen LogP contribution in [0.2, 0.25) is 0 Å². The Morgan fingerprint density at radius 3 is 2.76 bits per heavy atom. The molecule has 1 heterocycles. The lowest BCUT2D eigenvalue weighted by atomic mass is 10.2. The van der Waals surface area contributed by atoms with Gasteiger partial charge in [-0.15, -0.1) is 4.99 Å². The van der Waals surface area contributed by atoms with Gasteiger partial charge in [0.05, 0.1) is 12.6 Å². The zero-order valence-electron chi connectivity index (χ0n) is 10.1. The van der Waals surface area contributed by atoms with Gasteiger partial charge in [-0.05, 0) is 26.0 Å². The number of para-hydroxylation sites is 1. The first kappa shape index (κ1) is 11.4. The van der Waals surface area contributed by atoms with Crippen LogP contribution in [0, 0.1) is 0 Å². The number of nitrogens with zero attached hydrogens (tertiary/aromatic N) is 2. The van der Waals surface area contributed by atoms with Crippen LogP contribution in [0.15, 0.2) is 29.3 Å². The molecular weight excluding hydrogens is 216 g/mol. The number of methoxy groups -OCH3 is 1. The second-order valence-electron chi connectivity index (χ2n) is 4.07. The van der Waals surface area contributed by atoms with E-state index >= 15 is 0 Å². The highest BCUT2D eigenvalue weighted by atomic mass is 16.5. The van der Waals surface area contributed by atoms with Crippen LogP contribution in [0.25, 0.3) is 10.9 Å². The Morgan fingerprint density at radius 2 is 2.18 bits per heavy atom. The average molecular weight is 230 g/mol. The lowest BCUT2D eigenvalue weighted by Gasteiger charge is -2.13. The summed E-state index contributed by atoms with van der Waals surface area (Å²) in [4.78, 5) is 14.2. The van der Waals surface area contributed by atoms with E-state index in [-0.39, 0.29) is 6.04 Å². The summed E-state index contributed by atoms with van der Waals surface area (Å²) in [6.07, 6.45) is 1.59. The Balaban J connectivity index is 2.86. The van der Waals surface area contributed by atoms with Crippen molar-refractivity contribution in [2.24, 2.45) is 4.99 Å². The van der Waals surface area contributed by atoms with Crippen LogP contribution in [-0.4, -0.2) is 17.8 Å². The molecule has 17 heavy (non-hydrogen) atoms. The molecule has 1 aromatic heterocycles. The van der Waals surface area contributed by atoms with Crippen molar-refractivity contribution in [2.45, 2.75) is 19.9 Å². The molecule has 1 aromatic carbocycles. The normalized spacial score (nSPS) is 10.6. The number of isocyanates is 1. The third-order valence-electron chi connectivity index (χ3n) is 2.70. The molecular formula is C13H14N2O2. The molecule has 0 unspecified atom stereocenters. The molecule has 0 saturated heterocycles. The lowest BCUT2D eigenvalue weighted by molar-refractivity contribution is 0.416. The highest BCUT2D eigenvalue weighted by Gasteiger charge is 2.14. The van der Waals surface area contributed by atoms with Gasteiger partial charge >= 0.3 is 0 Å². The van der Waals surface area contributed by atoms with E-state index in [1.165, 1.54) is 0 Å². The number of benzene rings is 1. The maximum absolute atomic E-state index is 10.4. The summed E-state index contributed by atoms with van der Waals surface area (Å²) in [5, 5.41) is 1.01. The lowest BCUT2D eigenvalue weighted by Crippen LogP contribution is -2.00. The van der Waals surface area contributed by atoms with E-state index in [1.54, 1.807) is 13.2 Å². The summed E-state index contributed by atoms with van der Waals surface area (Å²) in [5.74, 6) is 1.39. The van der Waals surface area contributed by atoms with Crippen molar-refractivity contribution >= 4 is 22.8 Å². The zero-order valence-corrected chi connectivity index (χ0v) is 10.1. The predicted molar refractivity (Wildman–Crippen MR) is 66.7 cm³/mol. The van der Waals surface area contributed by atoms with Crippen LogP contribution in [0.3, 0.4) is 0 Å². The van der Waals surface area contributed by atoms with Gasteiger partial charge in [-0.25, -0.2) is 4.79 Å². The van der Waals surface area contributed by atoms with Crippen molar-refractivity contribution in [3.63, 3.8) is 0 Å². The van der Waals surface area contributed by atoms with Crippen LogP contribution in [0.4, 0.5) is 5.82 Å². The third-order valence-corrected chi connectivity index (χ3v) is 2.70. The Bertz CT molecular complexity index is 593. The van der Waals surface area contributed by atoms with E-state index in [1.807, 2.05) is 42.7 Å². The maximum atomic E-state index is 10.4. The largest absolute Gasteiger partial charge is 0.495 e. The second kappa shape index (κ2) is 4.44. The monoisotopic (exact) mass is 230 g/mol. The molecule has 0 aliphatic rings. The molecule has 2 aromatic rings. The SMILES string of the molecule is COc1cccc2cc(N=C=O)n(C(C)C)c12. The van der Waals surface area contributed by atoms with Gasteiger partial charge < -0.3 is 9.30 Å². The van der Waals surface area contributed by atoms with E-state index in [0.29, 0.717) is 5.82 Å². The minimum atomic E-state index is 0.191. The number of hydrogen-bond donors (Lipinski definition) is 0. The Kier molecular flexibility index (Phi) is 2.98. The van der Waals surface area contributed by atoms with Gasteiger partial charge in [0, 0.05) is 11.4 Å². The number of hydrogen-bond acceptors (Lipinski definition) is 3. The predicted octanol–water partition coefficient (Wildman–Crippen LogP) is 3.20. The highest BCUT2D eigenvalue weighted by molar-refractivity contribution is 5.90. The first-order valence-corrected chi connectivity index (χ1v) is 5.45. The number of fused-ring (bicyclic) bond motifs is 1. The van der Waals surface area contributed by atoms with Crippen molar-refractivity contribution in [1.29, 1.82) is 0 Å². The molecule has 0 saturated carbocycles. The first-order valence-electron chi connectivity index (χ1n) is 5.45. The molecule has 4 nitrogen and oxygen atoms in total. The first-order chi connectivity index (χ1) is 8.19. The van der Waals surface area contributed by atoms with E-state index in [2.05, 4.69) is 4.99 Å². The molecule has 0 bridgehead atoms. The van der Waals surface area contributed by atoms with Crippen molar-refractivity contribution in [3.05, 3.63) is 24.3 Å². The number of aliphatic imine (C=N–C) groups is 1. The quantitative estimate of drug-likeness (QED) is 0.600. The fourth-order valence-corrected chi connectivity index (χ4v) is 2.06. The smallest absolute Gasteiger partial charge is 0.242 e. The standard InChI is InChI=1S/C13H14N2O2/c1-9(2)15-12(14-8-16)7-10-5-4-6-11(17-3)13(10)15/h4-7,9H,1-3H3. The van der Waals surface area contributed by atoms with E-state index in [0.717, 1.165) is 16.7 Å². The van der Waals surface area contributed by atoms with Gasteiger partial charge in [0.1, 0.15) is 11.6 Å². The summed E-state index contributed by atoms with van der Waals surface area (Å²) >= 11 is 0. The molecule has 88 valence electrons. The van der Waals surface area contributed by atoms with Crippen LogP contribution in [0.1, 0.15) is 19.9 Å². The fourth-order valence-electron chi connectivity index (χ4n) is 2.06. The van der Waals surface area contributed by atoms with E-state index in [9.17, 15) is 4.79 Å². The molecule has 0 atom stereocenters. The van der Waals surface area contributed by atoms with Crippen molar-refractivity contribution < 1.29 is 9.53 Å². The van der Waals surface area contributed by atoms with Crippen molar-refractivity contribution in [2.75, 3.05) is 7.11 Å². The summed E-state index contributed by atoms with van der Waals surface area (Å²) in [6, 6.07) is 7.84. The van der Waals surface area contributed by atoms with Gasteiger partial charge in [0.25, 0.3) is 0 Å². The minimum absolute atomic E-state index is 0.191. The maximum Gasteiger partial charge on any atom is 0.242 e. The van der Waals surface area contributed by atoms with Gasteiger partial charge in [0.15, 0.2) is 0 Å².